The fourth-order valence-corrected chi connectivity index (χ4v) is 2.63. The summed E-state index contributed by atoms with van der Waals surface area (Å²) in [6, 6.07) is 0. The van der Waals surface area contributed by atoms with Crippen molar-refractivity contribution in [3.63, 3.8) is 0 Å². The molecular weight excluding hydrogens is 285 g/mol. The van der Waals surface area contributed by atoms with Crippen molar-refractivity contribution in [2.75, 3.05) is 6.54 Å². The third-order valence-corrected chi connectivity index (χ3v) is 3.81. The van der Waals surface area contributed by atoms with Crippen molar-refractivity contribution < 1.29 is 17.6 Å². The van der Waals surface area contributed by atoms with Gasteiger partial charge in [0.1, 0.15) is 5.69 Å². The van der Waals surface area contributed by atoms with Gasteiger partial charge in [-0.15, -0.1) is 0 Å². The predicted octanol–water partition coefficient (Wildman–Crippen LogP) is 2.54. The second-order valence-electron chi connectivity index (χ2n) is 5.39. The van der Waals surface area contributed by atoms with Crippen LogP contribution >= 0.6 is 0 Å². The Kier molecular flexibility index (Phi) is 2.66. The van der Waals surface area contributed by atoms with Crippen molar-refractivity contribution in [2.24, 2.45) is 0 Å². The Labute approximate surface area is 118 Å². The fourth-order valence-electron chi connectivity index (χ4n) is 2.63. The quantitative estimate of drug-likeness (QED) is 0.925. The van der Waals surface area contributed by atoms with E-state index in [0.717, 1.165) is 12.8 Å². The van der Waals surface area contributed by atoms with Gasteiger partial charge in [-0.3, -0.25) is 0 Å². The van der Waals surface area contributed by atoms with Crippen LogP contribution in [0.3, 0.4) is 0 Å². The summed E-state index contributed by atoms with van der Waals surface area (Å²) in [7, 11) is 0. The van der Waals surface area contributed by atoms with Crippen LogP contribution in [0, 0.1) is 0 Å². The lowest BCUT2D eigenvalue weighted by molar-refractivity contribution is -0.147. The molecule has 112 valence electrons. The maximum atomic E-state index is 13.1. The van der Waals surface area contributed by atoms with E-state index in [0.29, 0.717) is 36.4 Å². The molecule has 0 atom stereocenters. The molecule has 1 N–H and O–H groups in total. The number of alkyl halides is 3. The van der Waals surface area contributed by atoms with Crippen LogP contribution in [-0.2, 0) is 19.3 Å². The molecule has 8 heteroatoms. The van der Waals surface area contributed by atoms with Gasteiger partial charge in [-0.25, -0.2) is 9.97 Å². The van der Waals surface area contributed by atoms with E-state index in [1.165, 1.54) is 10.8 Å². The van der Waals surface area contributed by atoms with E-state index in [9.17, 15) is 13.2 Å². The average Bonchev–Trinajstić information content (AvgIpc) is 3.04. The van der Waals surface area contributed by atoms with Crippen molar-refractivity contribution in [3.8, 4) is 11.5 Å². The zero-order valence-electron chi connectivity index (χ0n) is 11.1. The van der Waals surface area contributed by atoms with Crippen LogP contribution in [-0.4, -0.2) is 21.1 Å². The minimum Gasteiger partial charge on any atom is -0.439 e. The topological polar surface area (TPSA) is 55.9 Å². The SMILES string of the molecule is FC(F)(F)c1nc(-c2cnc(C3CC3)o2)c2n1CCNC2. The third-order valence-electron chi connectivity index (χ3n) is 3.81. The Morgan fingerprint density at radius 1 is 1.33 bits per heavy atom. The maximum Gasteiger partial charge on any atom is 0.449 e. The molecule has 1 aliphatic carbocycles. The molecule has 0 radical (unpaired) electrons. The van der Waals surface area contributed by atoms with Gasteiger partial charge in [-0.1, -0.05) is 0 Å². The zero-order valence-corrected chi connectivity index (χ0v) is 11.1. The Bertz CT molecular complexity index is 684. The van der Waals surface area contributed by atoms with Gasteiger partial charge in [-0.2, -0.15) is 13.2 Å². The van der Waals surface area contributed by atoms with E-state index in [-0.39, 0.29) is 12.2 Å². The van der Waals surface area contributed by atoms with Gasteiger partial charge in [0.25, 0.3) is 0 Å². The van der Waals surface area contributed by atoms with E-state index in [1.54, 1.807) is 0 Å². The largest absolute Gasteiger partial charge is 0.449 e. The van der Waals surface area contributed by atoms with Gasteiger partial charge in [-0.05, 0) is 12.8 Å². The van der Waals surface area contributed by atoms with Crippen LogP contribution in [0.15, 0.2) is 10.6 Å². The summed E-state index contributed by atoms with van der Waals surface area (Å²) >= 11 is 0. The molecule has 0 aromatic carbocycles. The summed E-state index contributed by atoms with van der Waals surface area (Å²) in [6.07, 6.45) is -0.942. The van der Waals surface area contributed by atoms with Crippen LogP contribution in [0.25, 0.3) is 11.5 Å². The number of hydrogen-bond donors (Lipinski definition) is 1. The Balaban J connectivity index is 1.81. The van der Waals surface area contributed by atoms with E-state index < -0.39 is 12.0 Å². The summed E-state index contributed by atoms with van der Waals surface area (Å²) in [4.78, 5) is 7.95. The van der Waals surface area contributed by atoms with Crippen molar-refractivity contribution in [2.45, 2.75) is 38.0 Å². The molecule has 4 rings (SSSR count). The van der Waals surface area contributed by atoms with Crippen molar-refractivity contribution in [1.82, 2.24) is 19.9 Å². The molecule has 0 spiro atoms. The monoisotopic (exact) mass is 298 g/mol. The molecule has 0 bridgehead atoms. The number of fused-ring (bicyclic) bond motifs is 1. The summed E-state index contributed by atoms with van der Waals surface area (Å²) < 4.78 is 46.1. The first-order valence-corrected chi connectivity index (χ1v) is 6.87. The van der Waals surface area contributed by atoms with Crippen LogP contribution in [0.5, 0.6) is 0 Å². The summed E-state index contributed by atoms with van der Waals surface area (Å²) in [5.41, 5.74) is 0.751. The number of halogens is 3. The molecule has 21 heavy (non-hydrogen) atoms. The highest BCUT2D eigenvalue weighted by Gasteiger charge is 2.40. The summed E-state index contributed by atoms with van der Waals surface area (Å²) in [5.74, 6) is 0.375. The molecule has 1 fully saturated rings. The number of nitrogens with one attached hydrogen (secondary N) is 1. The Hall–Kier alpha value is -1.83. The normalized spacial score (nSPS) is 18.8. The van der Waals surface area contributed by atoms with E-state index in [4.69, 9.17) is 4.42 Å². The summed E-state index contributed by atoms with van der Waals surface area (Å²) in [6.45, 7) is 1.09. The van der Waals surface area contributed by atoms with Gasteiger partial charge in [0.2, 0.25) is 5.82 Å². The van der Waals surface area contributed by atoms with Crippen LogP contribution < -0.4 is 5.32 Å². The lowest BCUT2D eigenvalue weighted by Gasteiger charge is -2.18. The molecular formula is C13H13F3N4O. The van der Waals surface area contributed by atoms with Gasteiger partial charge in [0.05, 0.1) is 11.9 Å². The number of aromatic nitrogens is 3. The summed E-state index contributed by atoms with van der Waals surface area (Å²) in [5, 5.41) is 3.07. The number of hydrogen-bond acceptors (Lipinski definition) is 4. The van der Waals surface area contributed by atoms with Crippen molar-refractivity contribution >= 4 is 0 Å². The molecule has 0 unspecified atom stereocenters. The van der Waals surface area contributed by atoms with Crippen LogP contribution in [0.4, 0.5) is 13.2 Å². The zero-order chi connectivity index (χ0) is 14.6. The molecule has 1 saturated carbocycles. The number of nitrogens with zero attached hydrogens (tertiary/aromatic N) is 3. The third kappa shape index (κ3) is 2.14. The minimum atomic E-state index is -4.47. The van der Waals surface area contributed by atoms with Gasteiger partial charge < -0.3 is 14.3 Å². The van der Waals surface area contributed by atoms with Gasteiger partial charge in [0.15, 0.2) is 11.7 Å². The highest BCUT2D eigenvalue weighted by atomic mass is 19.4. The molecule has 2 aromatic rings. The minimum absolute atomic E-state index is 0.244. The first-order valence-electron chi connectivity index (χ1n) is 6.87. The van der Waals surface area contributed by atoms with E-state index in [1.807, 2.05) is 0 Å². The lowest BCUT2D eigenvalue weighted by Crippen LogP contribution is -2.30. The second kappa shape index (κ2) is 4.33. The average molecular weight is 298 g/mol. The van der Waals surface area contributed by atoms with E-state index in [2.05, 4.69) is 15.3 Å². The van der Waals surface area contributed by atoms with Crippen LogP contribution in [0.1, 0.15) is 36.2 Å². The van der Waals surface area contributed by atoms with Crippen LogP contribution in [0.2, 0.25) is 0 Å². The fraction of sp³-hybridized carbons (Fsp3) is 0.538. The van der Waals surface area contributed by atoms with Crippen molar-refractivity contribution in [1.29, 1.82) is 0 Å². The molecule has 5 nitrogen and oxygen atoms in total. The lowest BCUT2D eigenvalue weighted by atomic mass is 10.2. The number of imidazole rings is 1. The molecule has 1 aliphatic heterocycles. The Morgan fingerprint density at radius 2 is 2.14 bits per heavy atom. The Morgan fingerprint density at radius 3 is 2.86 bits per heavy atom. The molecule has 2 aliphatic rings. The molecule has 2 aromatic heterocycles. The predicted molar refractivity (Wildman–Crippen MR) is 66.4 cm³/mol. The maximum absolute atomic E-state index is 13.1. The highest BCUT2D eigenvalue weighted by molar-refractivity contribution is 5.56. The number of oxazole rings is 1. The highest BCUT2D eigenvalue weighted by Crippen LogP contribution is 2.41. The number of rotatable bonds is 2. The van der Waals surface area contributed by atoms with Gasteiger partial charge in [0, 0.05) is 25.6 Å². The van der Waals surface area contributed by atoms with E-state index >= 15 is 0 Å². The van der Waals surface area contributed by atoms with Gasteiger partial charge >= 0.3 is 6.18 Å². The first-order chi connectivity index (χ1) is 10.0. The smallest absolute Gasteiger partial charge is 0.439 e. The first kappa shape index (κ1) is 12.9. The standard InChI is InChI=1S/C13H13F3N4O/c14-13(15,16)12-19-10(8-5-17-3-4-20(8)12)9-6-18-11(21-9)7-1-2-7/h6-7,17H,1-5H2. The molecule has 0 amide bonds. The van der Waals surface area contributed by atoms with Crippen molar-refractivity contribution in [3.05, 3.63) is 23.6 Å². The molecule has 0 saturated heterocycles. The second-order valence-corrected chi connectivity index (χ2v) is 5.39. The molecule has 3 heterocycles.